The lowest BCUT2D eigenvalue weighted by Gasteiger charge is -2.19. The zero-order valence-electron chi connectivity index (χ0n) is 14.1. The van der Waals surface area contributed by atoms with E-state index in [1.807, 2.05) is 41.9 Å². The van der Waals surface area contributed by atoms with E-state index in [9.17, 15) is 0 Å². The lowest BCUT2D eigenvalue weighted by atomic mass is 10.1. The molecule has 0 N–H and O–H groups in total. The third-order valence-electron chi connectivity index (χ3n) is 3.54. The number of para-hydroxylation sites is 1. The zero-order valence-corrected chi connectivity index (χ0v) is 15.6. The molecule has 2 heterocycles. The minimum atomic E-state index is -0.168. The molecule has 0 aliphatic rings. The van der Waals surface area contributed by atoms with E-state index in [2.05, 4.69) is 41.4 Å². The monoisotopic (exact) mass is 362 g/mol. The Balaban J connectivity index is 1.85. The third-order valence-corrected chi connectivity index (χ3v) is 4.88. The normalized spacial score (nSPS) is 11.9. The second kappa shape index (κ2) is 6.57. The Kier molecular flexibility index (Phi) is 4.64. The molecule has 3 rings (SSSR count). The highest BCUT2D eigenvalue weighted by Crippen LogP contribution is 2.30. The average molecular weight is 363 g/mol. The Hall–Kier alpha value is -1.86. The standard InChI is InChI=1S/C16H19ClN6S/c1-11-13(10-24-15-18-20-21-23(15)16(2,3)4)14(17)22(19-11)12-8-6-5-7-9-12/h5-9H,10H2,1-4H3. The van der Waals surface area contributed by atoms with Crippen molar-refractivity contribution < 1.29 is 0 Å². The molecule has 0 atom stereocenters. The first-order chi connectivity index (χ1) is 11.4. The van der Waals surface area contributed by atoms with Crippen LogP contribution in [-0.2, 0) is 11.3 Å². The first kappa shape index (κ1) is 17.0. The fourth-order valence-electron chi connectivity index (χ4n) is 2.26. The summed E-state index contributed by atoms with van der Waals surface area (Å²) in [5.41, 5.74) is 2.68. The van der Waals surface area contributed by atoms with Crippen LogP contribution in [0.2, 0.25) is 5.15 Å². The molecule has 0 amide bonds. The Morgan fingerprint density at radius 3 is 2.54 bits per heavy atom. The summed E-state index contributed by atoms with van der Waals surface area (Å²) in [6.07, 6.45) is 0. The first-order valence-electron chi connectivity index (χ1n) is 7.59. The summed E-state index contributed by atoms with van der Waals surface area (Å²) in [5, 5.41) is 17.9. The maximum absolute atomic E-state index is 6.56. The molecule has 0 aliphatic heterocycles. The predicted molar refractivity (Wildman–Crippen MR) is 95.7 cm³/mol. The summed E-state index contributed by atoms with van der Waals surface area (Å²) in [6.45, 7) is 8.17. The maximum atomic E-state index is 6.56. The predicted octanol–water partition coefficient (Wildman–Crippen LogP) is 3.87. The second-order valence-electron chi connectivity index (χ2n) is 6.43. The molecule has 0 fully saturated rings. The molecule has 24 heavy (non-hydrogen) atoms. The van der Waals surface area contributed by atoms with Gasteiger partial charge in [0.2, 0.25) is 5.16 Å². The smallest absolute Gasteiger partial charge is 0.210 e. The van der Waals surface area contributed by atoms with Gasteiger partial charge in [0.05, 0.1) is 16.9 Å². The zero-order chi connectivity index (χ0) is 17.3. The summed E-state index contributed by atoms with van der Waals surface area (Å²) in [4.78, 5) is 0. The number of rotatable bonds is 4. The number of nitrogens with zero attached hydrogens (tertiary/aromatic N) is 6. The second-order valence-corrected chi connectivity index (χ2v) is 7.74. The van der Waals surface area contributed by atoms with Gasteiger partial charge in [-0.1, -0.05) is 41.6 Å². The van der Waals surface area contributed by atoms with Crippen LogP contribution in [0.4, 0.5) is 0 Å². The Morgan fingerprint density at radius 1 is 1.17 bits per heavy atom. The van der Waals surface area contributed by atoms with Crippen molar-refractivity contribution >= 4 is 23.4 Å². The summed E-state index contributed by atoms with van der Waals surface area (Å²) in [6, 6.07) is 9.87. The number of halogens is 1. The van der Waals surface area contributed by atoms with Gasteiger partial charge in [-0.05, 0) is 50.3 Å². The van der Waals surface area contributed by atoms with Crippen LogP contribution in [0.25, 0.3) is 5.69 Å². The van der Waals surface area contributed by atoms with Gasteiger partial charge in [0.1, 0.15) is 5.15 Å². The van der Waals surface area contributed by atoms with Crippen LogP contribution in [0.5, 0.6) is 0 Å². The topological polar surface area (TPSA) is 61.4 Å². The molecule has 2 aromatic heterocycles. The average Bonchev–Trinajstić information content (AvgIpc) is 3.11. The highest BCUT2D eigenvalue weighted by atomic mass is 35.5. The molecule has 0 unspecified atom stereocenters. The van der Waals surface area contributed by atoms with Crippen LogP contribution in [0.15, 0.2) is 35.5 Å². The minimum Gasteiger partial charge on any atom is -0.222 e. The highest BCUT2D eigenvalue weighted by Gasteiger charge is 2.21. The van der Waals surface area contributed by atoms with E-state index in [0.29, 0.717) is 10.9 Å². The minimum absolute atomic E-state index is 0.168. The fraction of sp³-hybridized carbons (Fsp3) is 0.375. The molecule has 8 heteroatoms. The van der Waals surface area contributed by atoms with Crippen LogP contribution in [0.1, 0.15) is 32.0 Å². The van der Waals surface area contributed by atoms with Gasteiger partial charge in [-0.3, -0.25) is 0 Å². The van der Waals surface area contributed by atoms with Crippen molar-refractivity contribution in [3.8, 4) is 5.69 Å². The van der Waals surface area contributed by atoms with Crippen LogP contribution in [0.3, 0.4) is 0 Å². The van der Waals surface area contributed by atoms with Crippen molar-refractivity contribution in [1.29, 1.82) is 0 Å². The molecule has 0 saturated heterocycles. The molecule has 0 aliphatic carbocycles. The summed E-state index contributed by atoms with van der Waals surface area (Å²) >= 11 is 8.12. The van der Waals surface area contributed by atoms with Crippen molar-refractivity contribution in [2.45, 2.75) is 44.1 Å². The number of hydrogen-bond acceptors (Lipinski definition) is 5. The first-order valence-corrected chi connectivity index (χ1v) is 8.95. The Morgan fingerprint density at radius 2 is 1.88 bits per heavy atom. The van der Waals surface area contributed by atoms with Gasteiger partial charge in [-0.25, -0.2) is 9.36 Å². The Bertz CT molecular complexity index is 834. The quantitative estimate of drug-likeness (QED) is 0.659. The van der Waals surface area contributed by atoms with Crippen LogP contribution >= 0.6 is 23.4 Å². The van der Waals surface area contributed by atoms with Crippen LogP contribution < -0.4 is 0 Å². The van der Waals surface area contributed by atoms with Crippen LogP contribution in [-0.4, -0.2) is 30.0 Å². The molecule has 0 saturated carbocycles. The summed E-state index contributed by atoms with van der Waals surface area (Å²) in [7, 11) is 0. The molecule has 1 aromatic carbocycles. The summed E-state index contributed by atoms with van der Waals surface area (Å²) in [5.74, 6) is 0.661. The molecule has 0 spiro atoms. The SMILES string of the molecule is Cc1nn(-c2ccccc2)c(Cl)c1CSc1nnnn1C(C)(C)C. The highest BCUT2D eigenvalue weighted by molar-refractivity contribution is 7.98. The fourth-order valence-corrected chi connectivity index (χ4v) is 3.83. The van der Waals surface area contributed by atoms with E-state index in [0.717, 1.165) is 22.1 Å². The van der Waals surface area contributed by atoms with E-state index in [1.54, 1.807) is 16.4 Å². The number of benzene rings is 1. The number of aromatic nitrogens is 6. The van der Waals surface area contributed by atoms with Gasteiger partial charge in [0, 0.05) is 11.3 Å². The lowest BCUT2D eigenvalue weighted by molar-refractivity contribution is 0.321. The number of aryl methyl sites for hydroxylation is 1. The molecular formula is C16H19ClN6S. The van der Waals surface area contributed by atoms with E-state index in [4.69, 9.17) is 11.6 Å². The largest absolute Gasteiger partial charge is 0.222 e. The molecule has 6 nitrogen and oxygen atoms in total. The van der Waals surface area contributed by atoms with Crippen LogP contribution in [0, 0.1) is 6.92 Å². The molecular weight excluding hydrogens is 344 g/mol. The lowest BCUT2D eigenvalue weighted by Crippen LogP contribution is -2.24. The molecule has 126 valence electrons. The van der Waals surface area contributed by atoms with Crippen molar-refractivity contribution in [3.05, 3.63) is 46.7 Å². The molecule has 0 radical (unpaired) electrons. The summed E-state index contributed by atoms with van der Waals surface area (Å²) < 4.78 is 3.59. The van der Waals surface area contributed by atoms with Gasteiger partial charge >= 0.3 is 0 Å². The van der Waals surface area contributed by atoms with Gasteiger partial charge < -0.3 is 0 Å². The third kappa shape index (κ3) is 3.32. The van der Waals surface area contributed by atoms with Crippen molar-refractivity contribution in [3.63, 3.8) is 0 Å². The van der Waals surface area contributed by atoms with Gasteiger partial charge in [-0.2, -0.15) is 5.10 Å². The van der Waals surface area contributed by atoms with E-state index < -0.39 is 0 Å². The van der Waals surface area contributed by atoms with E-state index in [1.165, 1.54) is 0 Å². The van der Waals surface area contributed by atoms with E-state index >= 15 is 0 Å². The number of tetrazole rings is 1. The number of thioether (sulfide) groups is 1. The van der Waals surface area contributed by atoms with Gasteiger partial charge in [-0.15, -0.1) is 5.10 Å². The Labute approximate surface area is 150 Å². The van der Waals surface area contributed by atoms with Crippen molar-refractivity contribution in [1.82, 2.24) is 30.0 Å². The van der Waals surface area contributed by atoms with Crippen molar-refractivity contribution in [2.24, 2.45) is 0 Å². The molecule has 3 aromatic rings. The molecule has 0 bridgehead atoms. The van der Waals surface area contributed by atoms with Gasteiger partial charge in [0.25, 0.3) is 0 Å². The van der Waals surface area contributed by atoms with Crippen molar-refractivity contribution in [2.75, 3.05) is 0 Å². The van der Waals surface area contributed by atoms with E-state index in [-0.39, 0.29) is 5.54 Å². The number of hydrogen-bond donors (Lipinski definition) is 0. The maximum Gasteiger partial charge on any atom is 0.210 e. The van der Waals surface area contributed by atoms with Gasteiger partial charge in [0.15, 0.2) is 0 Å².